The molecule has 2 atom stereocenters. The molecule has 1 aliphatic carbocycles. The minimum atomic E-state index is -1.30. The van der Waals surface area contributed by atoms with Gasteiger partial charge in [-0.25, -0.2) is 8.60 Å². The summed E-state index contributed by atoms with van der Waals surface area (Å²) in [5.74, 6) is 0.393. The average molecular weight is 568 g/mol. The monoisotopic (exact) mass is 567 g/mol. The van der Waals surface area contributed by atoms with Crippen LogP contribution in [-0.2, 0) is 15.8 Å². The molecule has 214 valence electrons. The molecule has 1 saturated heterocycles. The Hall–Kier alpha value is -3.20. The van der Waals surface area contributed by atoms with Crippen LogP contribution in [0.2, 0.25) is 0 Å². The number of fused-ring (bicyclic) bond motifs is 1. The molecule has 2 amide bonds. The summed E-state index contributed by atoms with van der Waals surface area (Å²) in [4.78, 5) is 28.5. The van der Waals surface area contributed by atoms with Gasteiger partial charge in [-0.15, -0.1) is 0 Å². The SMILES string of the molecule is CNC(=O)c1c(-c2ccc(F)cc2)oc2cc(N(C)S(C)=O)c([C@@H]3CCCN(C(=O)CC4CCCCC4)C3)cc12. The first-order valence-electron chi connectivity index (χ1n) is 14.2. The number of rotatable bonds is 7. The lowest BCUT2D eigenvalue weighted by Gasteiger charge is -2.36. The number of benzene rings is 2. The van der Waals surface area contributed by atoms with Crippen LogP contribution in [0.4, 0.5) is 10.1 Å². The van der Waals surface area contributed by atoms with Crippen molar-refractivity contribution in [2.75, 3.05) is 37.7 Å². The van der Waals surface area contributed by atoms with Crippen molar-refractivity contribution in [1.29, 1.82) is 0 Å². The standard InChI is InChI=1S/C31H38FN3O4S/c1-33-31(37)29-25-17-24(22-10-7-15-35(19-22)28(36)16-20-8-5-4-6-9-20)26(34(2)40(3)38)18-27(25)39-30(29)21-11-13-23(32)14-12-21/h11-14,17-18,20,22H,4-10,15-16,19H2,1-3H3,(H,33,37)/t22-,40?/m1/s1. The maximum atomic E-state index is 13.7. The zero-order valence-corrected chi connectivity index (χ0v) is 24.3. The van der Waals surface area contributed by atoms with E-state index < -0.39 is 11.0 Å². The molecule has 1 saturated carbocycles. The zero-order chi connectivity index (χ0) is 28.4. The molecule has 7 nitrogen and oxygen atoms in total. The third kappa shape index (κ3) is 5.80. The van der Waals surface area contributed by atoms with E-state index in [2.05, 4.69) is 5.32 Å². The summed E-state index contributed by atoms with van der Waals surface area (Å²) < 4.78 is 34.2. The first-order valence-corrected chi connectivity index (χ1v) is 15.7. The number of amides is 2. The molecule has 2 heterocycles. The Morgan fingerprint density at radius 1 is 1.10 bits per heavy atom. The van der Waals surface area contributed by atoms with E-state index in [0.29, 0.717) is 46.7 Å². The van der Waals surface area contributed by atoms with E-state index in [1.165, 1.54) is 31.4 Å². The topological polar surface area (TPSA) is 82.9 Å². The van der Waals surface area contributed by atoms with Gasteiger partial charge in [0, 0.05) is 62.8 Å². The number of nitrogens with one attached hydrogen (secondary N) is 1. The molecule has 9 heteroatoms. The third-order valence-corrected chi connectivity index (χ3v) is 9.49. The summed E-state index contributed by atoms with van der Waals surface area (Å²) in [6.07, 6.45) is 9.96. The lowest BCUT2D eigenvalue weighted by Crippen LogP contribution is -2.40. The second-order valence-electron chi connectivity index (χ2n) is 11.1. The van der Waals surface area contributed by atoms with Crippen LogP contribution < -0.4 is 9.62 Å². The molecule has 3 aromatic rings. The van der Waals surface area contributed by atoms with Crippen molar-refractivity contribution in [2.45, 2.75) is 57.3 Å². The number of hydrogen-bond acceptors (Lipinski definition) is 4. The fourth-order valence-electron chi connectivity index (χ4n) is 6.27. The molecule has 2 aromatic carbocycles. The van der Waals surface area contributed by atoms with Crippen molar-refractivity contribution >= 4 is 39.5 Å². The molecule has 40 heavy (non-hydrogen) atoms. The normalized spacial score (nSPS) is 19.0. The van der Waals surface area contributed by atoms with Crippen LogP contribution in [0.15, 0.2) is 40.8 Å². The van der Waals surface area contributed by atoms with Crippen LogP contribution in [-0.4, -0.2) is 54.4 Å². The number of halogens is 1. The van der Waals surface area contributed by atoms with Crippen molar-refractivity contribution < 1.29 is 22.6 Å². The highest BCUT2D eigenvalue weighted by molar-refractivity contribution is 7.85. The van der Waals surface area contributed by atoms with Crippen molar-refractivity contribution in [1.82, 2.24) is 10.2 Å². The smallest absolute Gasteiger partial charge is 0.255 e. The van der Waals surface area contributed by atoms with Gasteiger partial charge in [0.2, 0.25) is 5.91 Å². The third-order valence-electron chi connectivity index (χ3n) is 8.52. The number of piperidine rings is 1. The lowest BCUT2D eigenvalue weighted by molar-refractivity contribution is -0.133. The number of hydrogen-bond donors (Lipinski definition) is 1. The van der Waals surface area contributed by atoms with Crippen LogP contribution in [0.25, 0.3) is 22.3 Å². The van der Waals surface area contributed by atoms with Crippen molar-refractivity contribution in [2.24, 2.45) is 5.92 Å². The first kappa shape index (κ1) is 28.3. The molecule has 2 aliphatic rings. The van der Waals surface area contributed by atoms with Crippen molar-refractivity contribution in [3.63, 3.8) is 0 Å². The van der Waals surface area contributed by atoms with E-state index in [4.69, 9.17) is 4.42 Å². The van der Waals surface area contributed by atoms with E-state index in [1.807, 2.05) is 17.0 Å². The molecule has 1 aromatic heterocycles. The van der Waals surface area contributed by atoms with E-state index in [-0.39, 0.29) is 23.5 Å². The predicted octanol–water partition coefficient (Wildman–Crippen LogP) is 6.00. The Labute approximate surface area is 237 Å². The van der Waals surface area contributed by atoms with E-state index in [1.54, 1.807) is 36.8 Å². The highest BCUT2D eigenvalue weighted by Gasteiger charge is 2.31. The zero-order valence-electron chi connectivity index (χ0n) is 23.5. The van der Waals surface area contributed by atoms with Crippen LogP contribution in [0.5, 0.6) is 0 Å². The Kier molecular flexibility index (Phi) is 8.59. The fourth-order valence-corrected chi connectivity index (χ4v) is 6.70. The molecule has 2 fully saturated rings. The maximum Gasteiger partial charge on any atom is 0.255 e. The largest absolute Gasteiger partial charge is 0.455 e. The number of furan rings is 1. The lowest BCUT2D eigenvalue weighted by atomic mass is 9.85. The van der Waals surface area contributed by atoms with Gasteiger partial charge in [-0.1, -0.05) is 19.3 Å². The van der Waals surface area contributed by atoms with Gasteiger partial charge in [-0.2, -0.15) is 0 Å². The number of nitrogens with zero attached hydrogens (tertiary/aromatic N) is 2. The molecule has 1 unspecified atom stereocenters. The minimum Gasteiger partial charge on any atom is -0.455 e. The Morgan fingerprint density at radius 3 is 2.50 bits per heavy atom. The van der Waals surface area contributed by atoms with Gasteiger partial charge in [0.25, 0.3) is 5.91 Å². The Bertz CT molecular complexity index is 1410. The Balaban J connectivity index is 1.56. The molecule has 5 rings (SSSR count). The first-order chi connectivity index (χ1) is 19.3. The van der Waals surface area contributed by atoms with E-state index >= 15 is 0 Å². The number of anilines is 1. The molecule has 1 aliphatic heterocycles. The summed E-state index contributed by atoms with van der Waals surface area (Å²) in [5, 5.41) is 3.35. The summed E-state index contributed by atoms with van der Waals surface area (Å²) in [5.41, 5.74) is 3.14. The van der Waals surface area contributed by atoms with Crippen LogP contribution >= 0.6 is 0 Å². The van der Waals surface area contributed by atoms with Crippen LogP contribution in [0, 0.1) is 11.7 Å². The van der Waals surface area contributed by atoms with Gasteiger partial charge in [-0.05, 0) is 67.5 Å². The Morgan fingerprint density at radius 2 is 1.82 bits per heavy atom. The molecular formula is C31H38FN3O4S. The quantitative estimate of drug-likeness (QED) is 0.379. The number of carbonyl (C=O) groups excluding carboxylic acids is 2. The summed E-state index contributed by atoms with van der Waals surface area (Å²) in [7, 11) is 2.04. The second-order valence-corrected chi connectivity index (χ2v) is 12.5. The molecule has 0 spiro atoms. The van der Waals surface area contributed by atoms with Gasteiger partial charge in [0.15, 0.2) is 0 Å². The minimum absolute atomic E-state index is 0.0242. The highest BCUT2D eigenvalue weighted by atomic mass is 32.2. The molecule has 1 N–H and O–H groups in total. The van der Waals surface area contributed by atoms with Crippen LogP contribution in [0.3, 0.4) is 0 Å². The summed E-state index contributed by atoms with van der Waals surface area (Å²) in [6, 6.07) is 9.66. The molecular weight excluding hydrogens is 529 g/mol. The van der Waals surface area contributed by atoms with Gasteiger partial charge in [0.1, 0.15) is 28.1 Å². The summed E-state index contributed by atoms with van der Waals surface area (Å²) in [6.45, 7) is 1.34. The highest BCUT2D eigenvalue weighted by Crippen LogP contribution is 2.42. The second kappa shape index (κ2) is 12.1. The average Bonchev–Trinajstić information content (AvgIpc) is 3.35. The van der Waals surface area contributed by atoms with Gasteiger partial charge >= 0.3 is 0 Å². The van der Waals surface area contributed by atoms with Gasteiger partial charge in [-0.3, -0.25) is 13.9 Å². The molecule has 0 radical (unpaired) electrons. The van der Waals surface area contributed by atoms with Crippen LogP contribution in [0.1, 0.15) is 73.2 Å². The van der Waals surface area contributed by atoms with Gasteiger partial charge < -0.3 is 14.6 Å². The van der Waals surface area contributed by atoms with E-state index in [0.717, 1.165) is 43.5 Å². The number of likely N-dealkylation sites (tertiary alicyclic amines) is 1. The predicted molar refractivity (Wildman–Crippen MR) is 157 cm³/mol. The van der Waals surface area contributed by atoms with Gasteiger partial charge in [0.05, 0.1) is 11.3 Å². The fraction of sp³-hybridized carbons (Fsp3) is 0.484. The van der Waals surface area contributed by atoms with Crippen molar-refractivity contribution in [3.8, 4) is 11.3 Å². The van der Waals surface area contributed by atoms with E-state index in [9.17, 15) is 18.2 Å². The molecule has 0 bridgehead atoms. The van der Waals surface area contributed by atoms with Crippen molar-refractivity contribution in [3.05, 3.63) is 53.3 Å². The summed E-state index contributed by atoms with van der Waals surface area (Å²) >= 11 is 0. The maximum absolute atomic E-state index is 13.7. The number of carbonyl (C=O) groups is 2.